The Bertz CT molecular complexity index is 729. The molecule has 0 aromatic heterocycles. The second kappa shape index (κ2) is 9.21. The highest BCUT2D eigenvalue weighted by molar-refractivity contribution is 5.63. The van der Waals surface area contributed by atoms with Crippen molar-refractivity contribution < 1.29 is 9.84 Å². The summed E-state index contributed by atoms with van der Waals surface area (Å²) in [5, 5.41) is 8.90. The first-order valence-electron chi connectivity index (χ1n) is 7.81. The van der Waals surface area contributed by atoms with Gasteiger partial charge in [0.05, 0.1) is 7.11 Å². The highest BCUT2D eigenvalue weighted by Crippen LogP contribution is 2.21. The summed E-state index contributed by atoms with van der Waals surface area (Å²) in [7, 11) is 1.68. The van der Waals surface area contributed by atoms with Crippen molar-refractivity contribution >= 4 is 0 Å². The minimum atomic E-state index is 0.313. The van der Waals surface area contributed by atoms with Gasteiger partial charge >= 0.3 is 0 Å². The van der Waals surface area contributed by atoms with E-state index in [1.165, 1.54) is 16.7 Å². The monoisotopic (exact) mass is 318 g/mol. The van der Waals surface area contributed by atoms with Crippen molar-refractivity contribution in [2.75, 3.05) is 7.11 Å². The van der Waals surface area contributed by atoms with E-state index in [2.05, 4.69) is 30.8 Å². The van der Waals surface area contributed by atoms with Crippen molar-refractivity contribution in [2.24, 2.45) is 0 Å². The van der Waals surface area contributed by atoms with Crippen LogP contribution in [0.3, 0.4) is 0 Å². The van der Waals surface area contributed by atoms with Crippen LogP contribution in [-0.2, 0) is 6.42 Å². The maximum absolute atomic E-state index is 8.90. The number of rotatable bonds is 4. The number of phenols is 1. The fraction of sp³-hybridized carbons (Fsp3) is 0.0909. The minimum Gasteiger partial charge on any atom is -0.508 e. The number of phenolic OH excluding ortho intramolecular Hbond substituents is 1. The van der Waals surface area contributed by atoms with Gasteiger partial charge in [-0.3, -0.25) is 0 Å². The molecule has 0 aliphatic carbocycles. The first kappa shape index (κ1) is 17.4. The standard InChI is InChI=1S/C13H12O.C9H10O/c1-14-13-9-7-12(8-10-13)11-5-3-2-4-6-11;1-2-3-8-4-6-9(10)7-5-8/h2-10H,1H3;2,4-7,10H,1,3H2. The highest BCUT2D eigenvalue weighted by atomic mass is 16.5. The summed E-state index contributed by atoms with van der Waals surface area (Å²) in [5.74, 6) is 1.21. The van der Waals surface area contributed by atoms with Gasteiger partial charge in [0, 0.05) is 0 Å². The normalized spacial score (nSPS) is 9.54. The molecule has 3 aromatic rings. The maximum Gasteiger partial charge on any atom is 0.118 e. The fourth-order valence-electron chi connectivity index (χ4n) is 2.21. The molecule has 3 rings (SSSR count). The van der Waals surface area contributed by atoms with Gasteiger partial charge in [0.15, 0.2) is 0 Å². The predicted octanol–water partition coefficient (Wildman–Crippen LogP) is 5.48. The van der Waals surface area contributed by atoms with Crippen LogP contribution in [0.1, 0.15) is 5.56 Å². The predicted molar refractivity (Wildman–Crippen MR) is 100 cm³/mol. The molecule has 0 amide bonds. The average Bonchev–Trinajstić information content (AvgIpc) is 2.65. The molecule has 0 heterocycles. The Morgan fingerprint density at radius 3 is 1.96 bits per heavy atom. The molecule has 0 atom stereocenters. The van der Waals surface area contributed by atoms with Crippen LogP contribution in [0.4, 0.5) is 0 Å². The van der Waals surface area contributed by atoms with Crippen LogP contribution in [0.25, 0.3) is 11.1 Å². The van der Waals surface area contributed by atoms with Crippen LogP contribution in [0, 0.1) is 0 Å². The second-order valence-electron chi connectivity index (χ2n) is 5.25. The zero-order valence-corrected chi connectivity index (χ0v) is 13.9. The highest BCUT2D eigenvalue weighted by Gasteiger charge is 1.96. The number of ether oxygens (including phenoxy) is 1. The lowest BCUT2D eigenvalue weighted by atomic mass is 10.1. The van der Waals surface area contributed by atoms with Crippen LogP contribution in [-0.4, -0.2) is 12.2 Å². The van der Waals surface area contributed by atoms with Crippen molar-refractivity contribution in [3.8, 4) is 22.6 Å². The lowest BCUT2D eigenvalue weighted by Crippen LogP contribution is -1.82. The maximum atomic E-state index is 8.90. The Kier molecular flexibility index (Phi) is 6.66. The van der Waals surface area contributed by atoms with Gasteiger partial charge < -0.3 is 9.84 Å². The number of aromatic hydroxyl groups is 1. The summed E-state index contributed by atoms with van der Waals surface area (Å²) < 4.78 is 5.11. The summed E-state index contributed by atoms with van der Waals surface area (Å²) in [6.07, 6.45) is 2.70. The van der Waals surface area contributed by atoms with Crippen molar-refractivity contribution in [3.63, 3.8) is 0 Å². The number of methoxy groups -OCH3 is 1. The third kappa shape index (κ3) is 5.33. The van der Waals surface area contributed by atoms with Crippen LogP contribution < -0.4 is 4.74 Å². The molecule has 2 heteroatoms. The van der Waals surface area contributed by atoms with Gasteiger partial charge in [-0.25, -0.2) is 0 Å². The largest absolute Gasteiger partial charge is 0.508 e. The van der Waals surface area contributed by atoms with Crippen molar-refractivity contribution in [2.45, 2.75) is 6.42 Å². The molecule has 0 fully saturated rings. The first-order valence-corrected chi connectivity index (χ1v) is 7.81. The summed E-state index contributed by atoms with van der Waals surface area (Å²) >= 11 is 0. The molecule has 0 spiro atoms. The zero-order chi connectivity index (χ0) is 17.2. The lowest BCUT2D eigenvalue weighted by molar-refractivity contribution is 0.415. The third-order valence-electron chi connectivity index (χ3n) is 3.51. The Morgan fingerprint density at radius 2 is 1.42 bits per heavy atom. The van der Waals surface area contributed by atoms with Gasteiger partial charge in [-0.2, -0.15) is 0 Å². The number of benzene rings is 3. The van der Waals surface area contributed by atoms with Crippen LogP contribution in [0.15, 0.2) is 91.5 Å². The van der Waals surface area contributed by atoms with Gasteiger partial charge in [0.1, 0.15) is 11.5 Å². The van der Waals surface area contributed by atoms with Crippen LogP contribution in [0.5, 0.6) is 11.5 Å². The molecule has 3 aromatic carbocycles. The van der Waals surface area contributed by atoms with E-state index in [0.717, 1.165) is 12.2 Å². The Labute approximate surface area is 143 Å². The molecular formula is C22H22O2. The molecule has 24 heavy (non-hydrogen) atoms. The van der Waals surface area contributed by atoms with E-state index >= 15 is 0 Å². The van der Waals surface area contributed by atoms with Crippen molar-refractivity contribution in [3.05, 3.63) is 97.1 Å². The first-order chi connectivity index (χ1) is 11.7. The van der Waals surface area contributed by atoms with E-state index in [-0.39, 0.29) is 0 Å². The summed E-state index contributed by atoms with van der Waals surface area (Å²) in [4.78, 5) is 0. The van der Waals surface area contributed by atoms with Crippen molar-refractivity contribution in [1.29, 1.82) is 0 Å². The lowest BCUT2D eigenvalue weighted by Gasteiger charge is -2.02. The SMILES string of the molecule is C=CCc1ccc(O)cc1.COc1ccc(-c2ccccc2)cc1. The molecule has 0 aliphatic rings. The second-order valence-corrected chi connectivity index (χ2v) is 5.25. The van der Waals surface area contributed by atoms with E-state index in [1.54, 1.807) is 19.2 Å². The molecule has 0 unspecified atom stereocenters. The molecule has 0 saturated carbocycles. The molecule has 2 nitrogen and oxygen atoms in total. The quantitative estimate of drug-likeness (QED) is 0.645. The van der Waals surface area contributed by atoms with Crippen LogP contribution in [0.2, 0.25) is 0 Å². The summed E-state index contributed by atoms with van der Waals surface area (Å²) in [6.45, 7) is 3.62. The van der Waals surface area contributed by atoms with E-state index < -0.39 is 0 Å². The summed E-state index contributed by atoms with van der Waals surface area (Å²) in [6, 6.07) is 25.5. The van der Waals surface area contributed by atoms with Gasteiger partial charge in [-0.1, -0.05) is 60.7 Å². The Hall–Kier alpha value is -3.00. The smallest absolute Gasteiger partial charge is 0.118 e. The number of allylic oxidation sites excluding steroid dienone is 1. The Morgan fingerprint density at radius 1 is 0.833 bits per heavy atom. The Balaban J connectivity index is 0.000000185. The molecule has 1 N–H and O–H groups in total. The molecule has 0 aliphatic heterocycles. The van der Waals surface area contributed by atoms with Crippen LogP contribution >= 0.6 is 0 Å². The van der Waals surface area contributed by atoms with E-state index in [9.17, 15) is 0 Å². The molecular weight excluding hydrogens is 296 g/mol. The topological polar surface area (TPSA) is 29.5 Å². The minimum absolute atomic E-state index is 0.313. The fourth-order valence-corrected chi connectivity index (χ4v) is 2.21. The van der Waals surface area contributed by atoms with E-state index in [4.69, 9.17) is 9.84 Å². The van der Waals surface area contributed by atoms with Gasteiger partial charge in [0.2, 0.25) is 0 Å². The molecule has 0 radical (unpaired) electrons. The van der Waals surface area contributed by atoms with Crippen molar-refractivity contribution in [1.82, 2.24) is 0 Å². The number of hydrogen-bond donors (Lipinski definition) is 1. The average molecular weight is 318 g/mol. The molecule has 0 saturated heterocycles. The van der Waals surface area contributed by atoms with Gasteiger partial charge in [-0.15, -0.1) is 6.58 Å². The molecule has 0 bridgehead atoms. The third-order valence-corrected chi connectivity index (χ3v) is 3.51. The van der Waals surface area contributed by atoms with Gasteiger partial charge in [0.25, 0.3) is 0 Å². The van der Waals surface area contributed by atoms with E-state index in [1.807, 2.05) is 48.5 Å². The number of hydrogen-bond acceptors (Lipinski definition) is 2. The van der Waals surface area contributed by atoms with Gasteiger partial charge in [-0.05, 0) is 47.4 Å². The molecule has 122 valence electrons. The van der Waals surface area contributed by atoms with E-state index in [0.29, 0.717) is 5.75 Å². The summed E-state index contributed by atoms with van der Waals surface area (Å²) in [5.41, 5.74) is 3.62. The zero-order valence-electron chi connectivity index (χ0n) is 13.9.